The van der Waals surface area contributed by atoms with Gasteiger partial charge in [-0.15, -0.1) is 11.3 Å². The molecule has 0 unspecified atom stereocenters. The summed E-state index contributed by atoms with van der Waals surface area (Å²) in [5.74, 6) is 0. The van der Waals surface area contributed by atoms with E-state index in [-0.39, 0.29) is 12.1 Å². The zero-order chi connectivity index (χ0) is 15.3. The van der Waals surface area contributed by atoms with Crippen molar-refractivity contribution < 1.29 is 5.11 Å². The number of nitrogens with zero attached hydrogens (tertiary/aromatic N) is 2. The van der Waals surface area contributed by atoms with Gasteiger partial charge in [-0.2, -0.15) is 5.26 Å². The first-order chi connectivity index (χ1) is 10.2. The zero-order valence-electron chi connectivity index (χ0n) is 12.3. The number of nitriles is 1. The molecule has 0 saturated heterocycles. The first-order valence-corrected chi connectivity index (χ1v) is 7.89. The molecule has 0 saturated carbocycles. The van der Waals surface area contributed by atoms with Gasteiger partial charge >= 0.3 is 0 Å². The average molecular weight is 301 g/mol. The number of benzene rings is 1. The lowest BCUT2D eigenvalue weighted by Gasteiger charge is -2.30. The third kappa shape index (κ3) is 3.41. The third-order valence-electron chi connectivity index (χ3n) is 3.84. The molecule has 5 heteroatoms. The minimum absolute atomic E-state index is 0.0891. The summed E-state index contributed by atoms with van der Waals surface area (Å²) in [6, 6.07) is 9.48. The number of thiazole rings is 1. The lowest BCUT2D eigenvalue weighted by Crippen LogP contribution is -2.40. The van der Waals surface area contributed by atoms with Crippen LogP contribution in [0.2, 0.25) is 0 Å². The van der Waals surface area contributed by atoms with Crippen LogP contribution in [0.25, 0.3) is 11.3 Å². The van der Waals surface area contributed by atoms with Gasteiger partial charge in [0.05, 0.1) is 29.5 Å². The van der Waals surface area contributed by atoms with Gasteiger partial charge in [0.15, 0.2) is 5.13 Å². The van der Waals surface area contributed by atoms with E-state index in [4.69, 9.17) is 5.26 Å². The monoisotopic (exact) mass is 301 g/mol. The second kappa shape index (κ2) is 6.70. The predicted octanol–water partition coefficient (Wildman–Crippen LogP) is 3.64. The fourth-order valence-corrected chi connectivity index (χ4v) is 2.93. The van der Waals surface area contributed by atoms with E-state index in [0.29, 0.717) is 5.56 Å². The first kappa shape index (κ1) is 15.5. The van der Waals surface area contributed by atoms with E-state index in [9.17, 15) is 5.11 Å². The highest BCUT2D eigenvalue weighted by atomic mass is 32.1. The summed E-state index contributed by atoms with van der Waals surface area (Å²) in [4.78, 5) is 4.58. The summed E-state index contributed by atoms with van der Waals surface area (Å²) in [5, 5.41) is 24.6. The van der Waals surface area contributed by atoms with Crippen LogP contribution in [0.3, 0.4) is 0 Å². The molecule has 0 amide bonds. The highest BCUT2D eigenvalue weighted by Gasteiger charge is 2.25. The number of aliphatic hydroxyl groups excluding tert-OH is 1. The quantitative estimate of drug-likeness (QED) is 0.854. The molecule has 2 N–H and O–H groups in total. The maximum absolute atomic E-state index is 9.60. The molecule has 0 atom stereocenters. The molecular formula is C16H19N3OS. The Morgan fingerprint density at radius 1 is 1.29 bits per heavy atom. The van der Waals surface area contributed by atoms with Gasteiger partial charge in [-0.1, -0.05) is 26.0 Å². The van der Waals surface area contributed by atoms with Gasteiger partial charge in [0.1, 0.15) is 0 Å². The van der Waals surface area contributed by atoms with Crippen molar-refractivity contribution in [3.8, 4) is 17.3 Å². The van der Waals surface area contributed by atoms with Crippen LogP contribution in [0.1, 0.15) is 32.3 Å². The minimum Gasteiger partial charge on any atom is -0.394 e. The Bertz CT molecular complexity index is 615. The maximum atomic E-state index is 9.60. The van der Waals surface area contributed by atoms with Crippen LogP contribution < -0.4 is 5.32 Å². The van der Waals surface area contributed by atoms with Gasteiger partial charge < -0.3 is 10.4 Å². The van der Waals surface area contributed by atoms with Gasteiger partial charge in [-0.05, 0) is 25.0 Å². The normalized spacial score (nSPS) is 11.1. The number of hydrogen-bond acceptors (Lipinski definition) is 5. The van der Waals surface area contributed by atoms with E-state index in [1.54, 1.807) is 12.1 Å². The predicted molar refractivity (Wildman–Crippen MR) is 86.3 cm³/mol. The van der Waals surface area contributed by atoms with Crippen LogP contribution in [-0.4, -0.2) is 22.2 Å². The van der Waals surface area contributed by atoms with E-state index >= 15 is 0 Å². The van der Waals surface area contributed by atoms with Gasteiger partial charge in [0, 0.05) is 10.9 Å². The van der Waals surface area contributed by atoms with Gasteiger partial charge in [0.25, 0.3) is 0 Å². The van der Waals surface area contributed by atoms with Crippen LogP contribution in [-0.2, 0) is 0 Å². The molecule has 21 heavy (non-hydrogen) atoms. The van der Waals surface area contributed by atoms with Crippen molar-refractivity contribution in [2.75, 3.05) is 11.9 Å². The van der Waals surface area contributed by atoms with Gasteiger partial charge in [-0.25, -0.2) is 4.98 Å². The van der Waals surface area contributed by atoms with Crippen molar-refractivity contribution >= 4 is 16.5 Å². The standard InChI is InChI=1S/C16H19N3OS/c1-3-16(4-2,11-20)19-15-18-14(10-21-15)13-7-5-12(9-17)6-8-13/h5-8,10,20H,3-4,11H2,1-2H3,(H,18,19). The summed E-state index contributed by atoms with van der Waals surface area (Å²) >= 11 is 1.53. The Morgan fingerprint density at radius 2 is 1.95 bits per heavy atom. The van der Waals surface area contributed by atoms with Crippen LogP contribution in [0.15, 0.2) is 29.6 Å². The summed E-state index contributed by atoms with van der Waals surface area (Å²) in [7, 11) is 0. The second-order valence-electron chi connectivity index (χ2n) is 5.00. The van der Waals surface area contributed by atoms with E-state index < -0.39 is 0 Å². The van der Waals surface area contributed by atoms with Crippen LogP contribution in [0.5, 0.6) is 0 Å². The van der Waals surface area contributed by atoms with Crippen molar-refractivity contribution in [2.24, 2.45) is 0 Å². The van der Waals surface area contributed by atoms with E-state index in [1.807, 2.05) is 17.5 Å². The number of hydrogen-bond donors (Lipinski definition) is 2. The highest BCUT2D eigenvalue weighted by molar-refractivity contribution is 7.14. The molecule has 0 fully saturated rings. The molecule has 1 aromatic carbocycles. The molecule has 0 aliphatic rings. The molecule has 110 valence electrons. The Hall–Kier alpha value is -1.90. The number of aliphatic hydroxyl groups is 1. The Labute approximate surface area is 129 Å². The SMILES string of the molecule is CCC(CC)(CO)Nc1nc(-c2ccc(C#N)cc2)cs1. The van der Waals surface area contributed by atoms with Crippen LogP contribution in [0.4, 0.5) is 5.13 Å². The lowest BCUT2D eigenvalue weighted by atomic mass is 9.94. The number of rotatable bonds is 6. The van der Waals surface area contributed by atoms with Crippen molar-refractivity contribution in [1.29, 1.82) is 5.26 Å². The Morgan fingerprint density at radius 3 is 2.48 bits per heavy atom. The fourth-order valence-electron chi connectivity index (χ4n) is 2.10. The second-order valence-corrected chi connectivity index (χ2v) is 5.86. The molecule has 2 rings (SSSR count). The summed E-state index contributed by atoms with van der Waals surface area (Å²) in [6.45, 7) is 4.20. The highest BCUT2D eigenvalue weighted by Crippen LogP contribution is 2.29. The molecule has 2 aromatic rings. The minimum atomic E-state index is -0.306. The van der Waals surface area contributed by atoms with Crippen LogP contribution in [0, 0.1) is 11.3 Å². The van der Waals surface area contributed by atoms with Crippen molar-refractivity contribution in [2.45, 2.75) is 32.2 Å². The van der Waals surface area contributed by atoms with E-state index in [2.05, 4.69) is 30.2 Å². The summed E-state index contributed by atoms with van der Waals surface area (Å²) < 4.78 is 0. The molecule has 1 heterocycles. The van der Waals surface area contributed by atoms with Gasteiger partial charge in [-0.3, -0.25) is 0 Å². The van der Waals surface area contributed by atoms with Crippen molar-refractivity contribution in [3.05, 3.63) is 35.2 Å². The fraction of sp³-hybridized carbons (Fsp3) is 0.375. The zero-order valence-corrected chi connectivity index (χ0v) is 13.1. The Balaban J connectivity index is 2.19. The first-order valence-electron chi connectivity index (χ1n) is 7.01. The van der Waals surface area contributed by atoms with Crippen LogP contribution >= 0.6 is 11.3 Å². The van der Waals surface area contributed by atoms with E-state index in [1.165, 1.54) is 11.3 Å². The lowest BCUT2D eigenvalue weighted by molar-refractivity contribution is 0.202. The molecule has 0 radical (unpaired) electrons. The molecule has 0 aliphatic carbocycles. The van der Waals surface area contributed by atoms with Gasteiger partial charge in [0.2, 0.25) is 0 Å². The Kier molecular flexibility index (Phi) is 4.94. The summed E-state index contributed by atoms with van der Waals surface area (Å²) in [5.41, 5.74) is 2.20. The molecular weight excluding hydrogens is 282 g/mol. The third-order valence-corrected chi connectivity index (χ3v) is 4.60. The van der Waals surface area contributed by atoms with Crippen molar-refractivity contribution in [3.63, 3.8) is 0 Å². The molecule has 0 aliphatic heterocycles. The largest absolute Gasteiger partial charge is 0.394 e. The molecule has 4 nitrogen and oxygen atoms in total. The molecule has 1 aromatic heterocycles. The average Bonchev–Trinajstić information content (AvgIpc) is 3.01. The number of nitrogens with one attached hydrogen (secondary N) is 1. The number of anilines is 1. The smallest absolute Gasteiger partial charge is 0.183 e. The maximum Gasteiger partial charge on any atom is 0.183 e. The topological polar surface area (TPSA) is 68.9 Å². The van der Waals surface area contributed by atoms with Crippen molar-refractivity contribution in [1.82, 2.24) is 4.98 Å². The summed E-state index contributed by atoms with van der Waals surface area (Å²) in [6.07, 6.45) is 1.68. The molecule has 0 spiro atoms. The number of aromatic nitrogens is 1. The molecule has 0 bridgehead atoms. The van der Waals surface area contributed by atoms with E-state index in [0.717, 1.165) is 29.2 Å².